The van der Waals surface area contributed by atoms with Crippen LogP contribution in [0.1, 0.15) is 25.5 Å². The summed E-state index contributed by atoms with van der Waals surface area (Å²) < 4.78 is 5.45. The second kappa shape index (κ2) is 5.62. The van der Waals surface area contributed by atoms with Gasteiger partial charge in [-0.3, -0.25) is 4.90 Å². The lowest BCUT2D eigenvalue weighted by molar-refractivity contribution is -0.157. The molecule has 1 aliphatic heterocycles. The first-order valence-electron chi connectivity index (χ1n) is 6.14. The highest BCUT2D eigenvalue weighted by atomic mass is 16.5. The van der Waals surface area contributed by atoms with Gasteiger partial charge in [-0.25, -0.2) is 4.98 Å². The molecule has 3 atom stereocenters. The number of ether oxygens (including phenoxy) is 1. The predicted molar refractivity (Wildman–Crippen MR) is 64.2 cm³/mol. The molecule has 0 bridgehead atoms. The number of nitrogens with zero attached hydrogens (tertiary/aromatic N) is 2. The normalized spacial score (nSPS) is 30.6. The average Bonchev–Trinajstić information content (AvgIpc) is 2.79. The number of aromatic nitrogens is 2. The Morgan fingerprint density at radius 3 is 3.06 bits per heavy atom. The summed E-state index contributed by atoms with van der Waals surface area (Å²) in [6, 6.07) is 0. The van der Waals surface area contributed by atoms with E-state index in [2.05, 4.69) is 16.9 Å². The van der Waals surface area contributed by atoms with Crippen molar-refractivity contribution in [1.29, 1.82) is 0 Å². The number of aliphatic hydroxyl groups is 1. The van der Waals surface area contributed by atoms with Gasteiger partial charge in [0.05, 0.1) is 6.33 Å². The third-order valence-electron chi connectivity index (χ3n) is 3.44. The minimum atomic E-state index is -0.397. The van der Waals surface area contributed by atoms with Gasteiger partial charge in [-0.15, -0.1) is 0 Å². The second-order valence-electron chi connectivity index (χ2n) is 4.81. The van der Waals surface area contributed by atoms with Gasteiger partial charge in [0, 0.05) is 32.0 Å². The fourth-order valence-electron chi connectivity index (χ4n) is 2.46. The number of aliphatic hydroxyl groups excluding tert-OH is 1. The van der Waals surface area contributed by atoms with E-state index in [9.17, 15) is 5.11 Å². The van der Waals surface area contributed by atoms with E-state index in [1.165, 1.54) is 0 Å². The summed E-state index contributed by atoms with van der Waals surface area (Å²) in [4.78, 5) is 9.09. The fourth-order valence-corrected chi connectivity index (χ4v) is 2.46. The Balaban J connectivity index is 1.92. The molecule has 1 saturated heterocycles. The molecule has 0 aliphatic carbocycles. The van der Waals surface area contributed by atoms with Crippen molar-refractivity contribution in [3.05, 3.63) is 18.2 Å². The Morgan fingerprint density at radius 1 is 1.59 bits per heavy atom. The summed E-state index contributed by atoms with van der Waals surface area (Å²) in [5, 5.41) is 10.1. The molecule has 0 aromatic carbocycles. The smallest absolute Gasteiger partial charge is 0.112 e. The van der Waals surface area contributed by atoms with E-state index in [-0.39, 0.29) is 6.23 Å². The number of hydrogen-bond donors (Lipinski definition) is 2. The number of nitrogens with one attached hydrogen (secondary N) is 1. The highest BCUT2D eigenvalue weighted by molar-refractivity contribution is 4.95. The quantitative estimate of drug-likeness (QED) is 0.822. The molecule has 0 spiro atoms. The molecule has 2 N–H and O–H groups in total. The molecule has 1 aliphatic rings. The highest BCUT2D eigenvalue weighted by Gasteiger charge is 2.32. The highest BCUT2D eigenvalue weighted by Crippen LogP contribution is 2.26. The largest absolute Gasteiger partial charge is 0.378 e. The predicted octanol–water partition coefficient (Wildman–Crippen LogP) is 0.975. The zero-order chi connectivity index (χ0) is 12.3. The molecular formula is C12H21N3O2. The molecule has 2 heterocycles. The average molecular weight is 239 g/mol. The Labute approximate surface area is 102 Å². The van der Waals surface area contributed by atoms with E-state index in [1.54, 1.807) is 13.4 Å². The van der Waals surface area contributed by atoms with E-state index in [0.29, 0.717) is 5.92 Å². The lowest BCUT2D eigenvalue weighted by atomic mass is 9.96. The minimum Gasteiger partial charge on any atom is -0.378 e. The van der Waals surface area contributed by atoms with Crippen LogP contribution in [0.15, 0.2) is 12.5 Å². The summed E-state index contributed by atoms with van der Waals surface area (Å²) in [5.74, 6) is 0.512. The topological polar surface area (TPSA) is 61.4 Å². The Hall–Kier alpha value is -0.910. The lowest BCUT2D eigenvalue weighted by Gasteiger charge is -2.41. The first kappa shape index (κ1) is 12.5. The number of methoxy groups -OCH3 is 1. The van der Waals surface area contributed by atoms with Gasteiger partial charge < -0.3 is 14.8 Å². The van der Waals surface area contributed by atoms with E-state index in [4.69, 9.17) is 4.74 Å². The molecule has 2 unspecified atom stereocenters. The molecule has 17 heavy (non-hydrogen) atoms. The number of aromatic amines is 1. The lowest BCUT2D eigenvalue weighted by Crippen LogP contribution is -2.50. The van der Waals surface area contributed by atoms with Gasteiger partial charge in [0.2, 0.25) is 0 Å². The van der Waals surface area contributed by atoms with Crippen molar-refractivity contribution in [1.82, 2.24) is 14.9 Å². The molecule has 1 aromatic heterocycles. The van der Waals surface area contributed by atoms with Crippen molar-refractivity contribution in [2.24, 2.45) is 5.92 Å². The second-order valence-corrected chi connectivity index (χ2v) is 4.81. The van der Waals surface area contributed by atoms with Crippen LogP contribution in [0.3, 0.4) is 0 Å². The van der Waals surface area contributed by atoms with Gasteiger partial charge in [-0.1, -0.05) is 6.92 Å². The molecule has 5 nitrogen and oxygen atoms in total. The summed E-state index contributed by atoms with van der Waals surface area (Å²) in [6.45, 7) is 2.94. The van der Waals surface area contributed by atoms with E-state index in [0.717, 1.165) is 31.5 Å². The molecule has 1 aromatic rings. The van der Waals surface area contributed by atoms with Crippen molar-refractivity contribution in [3.8, 4) is 0 Å². The SMILES string of the molecule is COC1CC(C)C[C@H](O)N1CCc1cnc[nH]1. The minimum absolute atomic E-state index is 0.0247. The third-order valence-corrected chi connectivity index (χ3v) is 3.44. The van der Waals surface area contributed by atoms with Crippen molar-refractivity contribution in [2.45, 2.75) is 38.6 Å². The number of piperidine rings is 1. The van der Waals surface area contributed by atoms with Gasteiger partial charge in [-0.2, -0.15) is 0 Å². The van der Waals surface area contributed by atoms with Crippen LogP contribution < -0.4 is 0 Å². The van der Waals surface area contributed by atoms with Crippen LogP contribution >= 0.6 is 0 Å². The van der Waals surface area contributed by atoms with Gasteiger partial charge in [-0.05, 0) is 18.8 Å². The number of likely N-dealkylation sites (tertiary alicyclic amines) is 1. The fraction of sp³-hybridized carbons (Fsp3) is 0.750. The van der Waals surface area contributed by atoms with Gasteiger partial charge >= 0.3 is 0 Å². The molecule has 5 heteroatoms. The van der Waals surface area contributed by atoms with Gasteiger partial charge in [0.25, 0.3) is 0 Å². The van der Waals surface area contributed by atoms with Crippen molar-refractivity contribution < 1.29 is 9.84 Å². The molecule has 96 valence electrons. The Bertz CT molecular complexity index is 329. The number of imidazole rings is 1. The maximum atomic E-state index is 10.1. The Kier molecular flexibility index (Phi) is 4.15. The number of H-pyrrole nitrogens is 1. The molecule has 1 fully saturated rings. The van der Waals surface area contributed by atoms with Crippen LogP contribution in [0, 0.1) is 5.92 Å². The van der Waals surface area contributed by atoms with E-state index >= 15 is 0 Å². The van der Waals surface area contributed by atoms with Crippen LogP contribution in [-0.2, 0) is 11.2 Å². The summed E-state index contributed by atoms with van der Waals surface area (Å²) in [5.41, 5.74) is 1.09. The molecule has 2 rings (SSSR count). The zero-order valence-corrected chi connectivity index (χ0v) is 10.5. The monoisotopic (exact) mass is 239 g/mol. The summed E-state index contributed by atoms with van der Waals surface area (Å²) in [6.07, 6.45) is 5.78. The molecule has 0 saturated carbocycles. The van der Waals surface area contributed by atoms with Crippen LogP contribution in [0.5, 0.6) is 0 Å². The van der Waals surface area contributed by atoms with Crippen LogP contribution in [-0.4, -0.2) is 46.1 Å². The van der Waals surface area contributed by atoms with Crippen molar-refractivity contribution in [3.63, 3.8) is 0 Å². The van der Waals surface area contributed by atoms with E-state index in [1.807, 2.05) is 11.1 Å². The van der Waals surface area contributed by atoms with E-state index < -0.39 is 6.23 Å². The number of rotatable bonds is 4. The maximum absolute atomic E-state index is 10.1. The zero-order valence-electron chi connectivity index (χ0n) is 10.5. The molecule has 0 amide bonds. The van der Waals surface area contributed by atoms with Crippen LogP contribution in [0.4, 0.5) is 0 Å². The summed E-state index contributed by atoms with van der Waals surface area (Å²) in [7, 11) is 1.71. The number of hydrogen-bond acceptors (Lipinski definition) is 4. The van der Waals surface area contributed by atoms with Crippen LogP contribution in [0.25, 0.3) is 0 Å². The summed E-state index contributed by atoms with van der Waals surface area (Å²) >= 11 is 0. The van der Waals surface area contributed by atoms with Crippen molar-refractivity contribution >= 4 is 0 Å². The van der Waals surface area contributed by atoms with Gasteiger partial charge in [0.15, 0.2) is 0 Å². The standard InChI is InChI=1S/C12H21N3O2/c1-9-5-11(16)15(12(6-9)17-2)4-3-10-7-13-8-14-10/h7-9,11-12,16H,3-6H2,1-2H3,(H,13,14)/t9?,11-,12?/m0/s1. The Morgan fingerprint density at radius 2 is 2.41 bits per heavy atom. The van der Waals surface area contributed by atoms with Crippen LogP contribution in [0.2, 0.25) is 0 Å². The molecular weight excluding hydrogens is 218 g/mol. The first-order valence-corrected chi connectivity index (χ1v) is 6.14. The molecule has 0 radical (unpaired) electrons. The van der Waals surface area contributed by atoms with Crippen molar-refractivity contribution in [2.75, 3.05) is 13.7 Å². The third kappa shape index (κ3) is 3.06. The van der Waals surface area contributed by atoms with Gasteiger partial charge in [0.1, 0.15) is 12.5 Å². The maximum Gasteiger partial charge on any atom is 0.112 e. The first-order chi connectivity index (χ1) is 8.20.